The van der Waals surface area contributed by atoms with Crippen molar-refractivity contribution in [2.45, 2.75) is 37.9 Å². The first-order chi connectivity index (χ1) is 8.90. The number of sulfone groups is 1. The minimum Gasteiger partial charge on any atom is -0.465 e. The van der Waals surface area contributed by atoms with E-state index in [1.807, 2.05) is 0 Å². The van der Waals surface area contributed by atoms with Crippen LogP contribution in [0.25, 0.3) is 0 Å². The molecular formula is C12H17NO4S2. The third kappa shape index (κ3) is 3.54. The van der Waals surface area contributed by atoms with Gasteiger partial charge in [-0.2, -0.15) is 0 Å². The van der Waals surface area contributed by atoms with Crippen molar-refractivity contribution in [2.75, 3.05) is 12.9 Å². The third-order valence-corrected chi connectivity index (χ3v) is 5.07. The highest BCUT2D eigenvalue weighted by Crippen LogP contribution is 2.35. The fourth-order valence-corrected chi connectivity index (χ4v) is 4.59. The number of aryl methyl sites for hydroxylation is 1. The van der Waals surface area contributed by atoms with Gasteiger partial charge in [-0.25, -0.2) is 13.4 Å². The van der Waals surface area contributed by atoms with Crippen LogP contribution in [0.15, 0.2) is 0 Å². The van der Waals surface area contributed by atoms with E-state index in [0.717, 1.165) is 29.8 Å². The summed E-state index contributed by atoms with van der Waals surface area (Å²) in [6.07, 6.45) is 3.70. The molecule has 0 spiro atoms. The highest BCUT2D eigenvalue weighted by Gasteiger charge is 2.31. The Labute approximate surface area is 116 Å². The normalized spacial score (nSPS) is 18.9. The monoisotopic (exact) mass is 303 g/mol. The van der Waals surface area contributed by atoms with Crippen molar-refractivity contribution in [1.82, 2.24) is 4.98 Å². The standard InChI is InChI=1S/C12H17NO4S2/c1-3-17-12(14)8-5-4-6-9-11(8)13-10(18-9)7-19(2,15)16/h8H,3-7H2,1-2H3. The second-order valence-electron chi connectivity index (χ2n) is 4.68. The van der Waals surface area contributed by atoms with E-state index in [-0.39, 0.29) is 17.6 Å². The molecule has 7 heteroatoms. The Morgan fingerprint density at radius 3 is 2.89 bits per heavy atom. The van der Waals surface area contributed by atoms with Crippen LogP contribution in [0.5, 0.6) is 0 Å². The van der Waals surface area contributed by atoms with Crippen molar-refractivity contribution >= 4 is 27.1 Å². The Hall–Kier alpha value is -0.950. The molecule has 1 unspecified atom stereocenters. The van der Waals surface area contributed by atoms with Crippen LogP contribution in [0.1, 0.15) is 41.3 Å². The maximum Gasteiger partial charge on any atom is 0.315 e. The van der Waals surface area contributed by atoms with Gasteiger partial charge in [0, 0.05) is 11.1 Å². The number of carbonyl (C=O) groups is 1. The molecular weight excluding hydrogens is 286 g/mol. The predicted molar refractivity (Wildman–Crippen MR) is 73.0 cm³/mol. The van der Waals surface area contributed by atoms with Gasteiger partial charge < -0.3 is 4.74 Å². The second kappa shape index (κ2) is 5.58. The molecule has 2 rings (SSSR count). The fourth-order valence-electron chi connectivity index (χ4n) is 2.23. The lowest BCUT2D eigenvalue weighted by molar-refractivity contribution is -0.145. The predicted octanol–water partition coefficient (Wildman–Crippen LogP) is 1.67. The van der Waals surface area contributed by atoms with E-state index in [9.17, 15) is 13.2 Å². The van der Waals surface area contributed by atoms with Crippen molar-refractivity contribution in [2.24, 2.45) is 0 Å². The molecule has 0 saturated heterocycles. The molecule has 19 heavy (non-hydrogen) atoms. The lowest BCUT2D eigenvalue weighted by atomic mass is 9.91. The molecule has 1 aromatic heterocycles. The zero-order valence-corrected chi connectivity index (χ0v) is 12.6. The van der Waals surface area contributed by atoms with Gasteiger partial charge in [0.2, 0.25) is 0 Å². The SMILES string of the molecule is CCOC(=O)C1CCCc2sc(CS(C)(=O)=O)nc21. The summed E-state index contributed by atoms with van der Waals surface area (Å²) in [7, 11) is -3.09. The summed E-state index contributed by atoms with van der Waals surface area (Å²) in [5.41, 5.74) is 0.730. The third-order valence-electron chi connectivity index (χ3n) is 2.96. The number of esters is 1. The van der Waals surface area contributed by atoms with Gasteiger partial charge in [0.15, 0.2) is 9.84 Å². The maximum atomic E-state index is 11.9. The maximum absolute atomic E-state index is 11.9. The van der Waals surface area contributed by atoms with Crippen LogP contribution in [0, 0.1) is 0 Å². The molecule has 0 aliphatic heterocycles. The Morgan fingerprint density at radius 1 is 1.53 bits per heavy atom. The summed E-state index contributed by atoms with van der Waals surface area (Å²) in [5, 5.41) is 0.573. The molecule has 1 aromatic rings. The smallest absolute Gasteiger partial charge is 0.315 e. The Bertz CT molecular complexity index is 577. The lowest BCUT2D eigenvalue weighted by Gasteiger charge is -2.19. The zero-order chi connectivity index (χ0) is 14.0. The molecule has 0 amide bonds. The van der Waals surface area contributed by atoms with Crippen LogP contribution in [-0.4, -0.2) is 32.2 Å². The molecule has 0 bridgehead atoms. The molecule has 1 heterocycles. The van der Waals surface area contributed by atoms with E-state index in [1.54, 1.807) is 6.92 Å². The Morgan fingerprint density at radius 2 is 2.26 bits per heavy atom. The van der Waals surface area contributed by atoms with Crippen molar-refractivity contribution < 1.29 is 17.9 Å². The average Bonchev–Trinajstić information content (AvgIpc) is 2.68. The summed E-state index contributed by atoms with van der Waals surface area (Å²) in [4.78, 5) is 17.3. The largest absolute Gasteiger partial charge is 0.465 e. The number of rotatable bonds is 4. The van der Waals surface area contributed by atoms with Gasteiger partial charge >= 0.3 is 5.97 Å². The number of hydrogen-bond donors (Lipinski definition) is 0. The first kappa shape index (κ1) is 14.5. The van der Waals surface area contributed by atoms with Crippen molar-refractivity contribution in [3.63, 3.8) is 0 Å². The van der Waals surface area contributed by atoms with Crippen LogP contribution in [-0.2, 0) is 31.5 Å². The molecule has 1 aliphatic rings. The van der Waals surface area contributed by atoms with E-state index in [0.29, 0.717) is 11.6 Å². The highest BCUT2D eigenvalue weighted by atomic mass is 32.2. The number of ether oxygens (including phenoxy) is 1. The van der Waals surface area contributed by atoms with Gasteiger partial charge in [-0.05, 0) is 26.2 Å². The van der Waals surface area contributed by atoms with Gasteiger partial charge in [-0.15, -0.1) is 11.3 Å². The summed E-state index contributed by atoms with van der Waals surface area (Å²) in [6.45, 7) is 2.13. The van der Waals surface area contributed by atoms with Gasteiger partial charge in [-0.1, -0.05) is 0 Å². The van der Waals surface area contributed by atoms with E-state index in [2.05, 4.69) is 4.98 Å². The van der Waals surface area contributed by atoms with Crippen LogP contribution >= 0.6 is 11.3 Å². The molecule has 0 fully saturated rings. The van der Waals surface area contributed by atoms with Crippen LogP contribution in [0.4, 0.5) is 0 Å². The molecule has 106 valence electrons. The van der Waals surface area contributed by atoms with Crippen LogP contribution in [0.2, 0.25) is 0 Å². The molecule has 1 aliphatic carbocycles. The van der Waals surface area contributed by atoms with Gasteiger partial charge in [-0.3, -0.25) is 4.79 Å². The fraction of sp³-hybridized carbons (Fsp3) is 0.667. The van der Waals surface area contributed by atoms with Gasteiger partial charge in [0.05, 0.1) is 12.3 Å². The summed E-state index contributed by atoms with van der Waals surface area (Å²) in [5.74, 6) is -0.631. The van der Waals surface area contributed by atoms with E-state index >= 15 is 0 Å². The number of hydrogen-bond acceptors (Lipinski definition) is 6. The minimum absolute atomic E-state index is 0.0553. The molecule has 0 aromatic carbocycles. The van der Waals surface area contributed by atoms with Crippen molar-refractivity contribution in [3.05, 3.63) is 15.6 Å². The summed E-state index contributed by atoms with van der Waals surface area (Å²) >= 11 is 1.40. The molecule has 0 N–H and O–H groups in total. The zero-order valence-electron chi connectivity index (χ0n) is 11.0. The van der Waals surface area contributed by atoms with Crippen molar-refractivity contribution in [3.8, 4) is 0 Å². The first-order valence-corrected chi connectivity index (χ1v) is 9.11. The molecule has 1 atom stereocenters. The Kier molecular flexibility index (Phi) is 4.25. The quantitative estimate of drug-likeness (QED) is 0.791. The van der Waals surface area contributed by atoms with E-state index in [4.69, 9.17) is 4.74 Å². The number of thiazole rings is 1. The second-order valence-corrected chi connectivity index (χ2v) is 7.99. The summed E-state index contributed by atoms with van der Waals surface area (Å²) < 4.78 is 27.7. The number of fused-ring (bicyclic) bond motifs is 1. The van der Waals surface area contributed by atoms with Crippen LogP contribution in [0.3, 0.4) is 0 Å². The van der Waals surface area contributed by atoms with Gasteiger partial charge in [0.1, 0.15) is 16.7 Å². The Balaban J connectivity index is 2.26. The molecule has 0 saturated carbocycles. The molecule has 0 radical (unpaired) electrons. The number of carbonyl (C=O) groups excluding carboxylic acids is 1. The molecule has 5 nitrogen and oxygen atoms in total. The van der Waals surface area contributed by atoms with Crippen LogP contribution < -0.4 is 0 Å². The highest BCUT2D eigenvalue weighted by molar-refractivity contribution is 7.90. The average molecular weight is 303 g/mol. The topological polar surface area (TPSA) is 73.3 Å². The van der Waals surface area contributed by atoms with Crippen molar-refractivity contribution in [1.29, 1.82) is 0 Å². The lowest BCUT2D eigenvalue weighted by Crippen LogP contribution is -2.20. The number of nitrogens with zero attached hydrogens (tertiary/aromatic N) is 1. The first-order valence-electron chi connectivity index (χ1n) is 6.23. The van der Waals surface area contributed by atoms with Gasteiger partial charge in [0.25, 0.3) is 0 Å². The van der Waals surface area contributed by atoms with E-state index < -0.39 is 9.84 Å². The number of aromatic nitrogens is 1. The summed E-state index contributed by atoms with van der Waals surface area (Å²) in [6, 6.07) is 0. The minimum atomic E-state index is -3.09. The van der Waals surface area contributed by atoms with E-state index in [1.165, 1.54) is 17.6 Å².